The maximum Gasteiger partial charge on any atom is 0.262 e. The van der Waals surface area contributed by atoms with E-state index in [1.165, 1.54) is 12.1 Å². The summed E-state index contributed by atoms with van der Waals surface area (Å²) in [5, 5.41) is 11.9. The summed E-state index contributed by atoms with van der Waals surface area (Å²) in [4.78, 5) is 13.6. The zero-order chi connectivity index (χ0) is 18.1. The van der Waals surface area contributed by atoms with E-state index in [0.717, 1.165) is 11.3 Å². The van der Waals surface area contributed by atoms with Crippen LogP contribution in [0.15, 0.2) is 36.4 Å². The van der Waals surface area contributed by atoms with Gasteiger partial charge in [-0.25, -0.2) is 4.39 Å². The third-order valence-corrected chi connectivity index (χ3v) is 4.46. The number of hydrogen-bond acceptors (Lipinski definition) is 5. The number of carbonyl (C=O) groups is 1. The standard InChI is InChI=1S/C19H16FN3O3/c20-13-2-3-16-18(8-13)25-10-14(5-6-21)23(16)9-12-1-4-17-15(7-12)22-19(24)11-26-17/h1-4,7-8,14H,5,9-11H2,(H,22,24)/t14-/m0/s1. The monoisotopic (exact) mass is 353 g/mol. The summed E-state index contributed by atoms with van der Waals surface area (Å²) in [5.74, 6) is 0.542. The maximum absolute atomic E-state index is 13.5. The minimum Gasteiger partial charge on any atom is -0.489 e. The Bertz CT molecular complexity index is 909. The van der Waals surface area contributed by atoms with Gasteiger partial charge in [0.1, 0.15) is 23.9 Å². The van der Waals surface area contributed by atoms with Gasteiger partial charge in [0.25, 0.3) is 5.91 Å². The van der Waals surface area contributed by atoms with Crippen LogP contribution in [0.2, 0.25) is 0 Å². The molecule has 2 aromatic rings. The molecule has 0 unspecified atom stereocenters. The van der Waals surface area contributed by atoms with Crippen molar-refractivity contribution < 1.29 is 18.7 Å². The fraction of sp³-hybridized carbons (Fsp3) is 0.263. The molecule has 1 amide bonds. The van der Waals surface area contributed by atoms with E-state index in [2.05, 4.69) is 11.4 Å². The molecule has 0 saturated heterocycles. The van der Waals surface area contributed by atoms with Crippen molar-refractivity contribution in [1.29, 1.82) is 5.26 Å². The lowest BCUT2D eigenvalue weighted by Crippen LogP contribution is -2.42. The minimum absolute atomic E-state index is 0.0129. The van der Waals surface area contributed by atoms with Gasteiger partial charge in [0, 0.05) is 12.6 Å². The third-order valence-electron chi connectivity index (χ3n) is 4.46. The first-order valence-electron chi connectivity index (χ1n) is 8.25. The van der Waals surface area contributed by atoms with Crippen molar-refractivity contribution in [2.45, 2.75) is 19.0 Å². The number of rotatable bonds is 3. The van der Waals surface area contributed by atoms with E-state index in [9.17, 15) is 9.18 Å². The zero-order valence-corrected chi connectivity index (χ0v) is 13.9. The predicted octanol–water partition coefficient (Wildman–Crippen LogP) is 2.84. The highest BCUT2D eigenvalue weighted by molar-refractivity contribution is 5.95. The normalized spacial score (nSPS) is 17.9. The Hall–Kier alpha value is -3.27. The summed E-state index contributed by atoms with van der Waals surface area (Å²) in [5.41, 5.74) is 2.31. The van der Waals surface area contributed by atoms with Gasteiger partial charge in [-0.3, -0.25) is 4.79 Å². The quantitative estimate of drug-likeness (QED) is 0.918. The van der Waals surface area contributed by atoms with Gasteiger partial charge in [0.2, 0.25) is 0 Å². The molecule has 26 heavy (non-hydrogen) atoms. The second-order valence-electron chi connectivity index (χ2n) is 6.23. The molecule has 132 valence electrons. The molecule has 2 aromatic carbocycles. The van der Waals surface area contributed by atoms with Crippen molar-refractivity contribution in [3.8, 4) is 17.6 Å². The SMILES string of the molecule is N#CC[C@H]1COc2cc(F)ccc2N1Cc1ccc2c(c1)NC(=O)CO2. The molecule has 1 N–H and O–H groups in total. The van der Waals surface area contributed by atoms with E-state index in [1.54, 1.807) is 6.07 Å². The number of halogens is 1. The summed E-state index contributed by atoms with van der Waals surface area (Å²) >= 11 is 0. The number of nitrogens with one attached hydrogen (secondary N) is 1. The summed E-state index contributed by atoms with van der Waals surface area (Å²) < 4.78 is 24.5. The fourth-order valence-corrected chi connectivity index (χ4v) is 3.23. The molecule has 0 spiro atoms. The average Bonchev–Trinajstić information content (AvgIpc) is 2.63. The Morgan fingerprint density at radius 2 is 2.12 bits per heavy atom. The Morgan fingerprint density at radius 3 is 2.96 bits per heavy atom. The Morgan fingerprint density at radius 1 is 1.23 bits per heavy atom. The fourth-order valence-electron chi connectivity index (χ4n) is 3.23. The molecule has 0 fully saturated rings. The number of fused-ring (bicyclic) bond motifs is 2. The molecule has 0 saturated carbocycles. The zero-order valence-electron chi connectivity index (χ0n) is 13.9. The van der Waals surface area contributed by atoms with Crippen LogP contribution in [0.4, 0.5) is 15.8 Å². The van der Waals surface area contributed by atoms with Crippen LogP contribution in [0.1, 0.15) is 12.0 Å². The molecule has 1 atom stereocenters. The van der Waals surface area contributed by atoms with Crippen LogP contribution in [-0.4, -0.2) is 25.2 Å². The van der Waals surface area contributed by atoms with Crippen LogP contribution in [0.25, 0.3) is 0 Å². The Kier molecular flexibility index (Phi) is 4.09. The molecule has 2 aliphatic heterocycles. The number of ether oxygens (including phenoxy) is 2. The highest BCUT2D eigenvalue weighted by Crippen LogP contribution is 2.37. The van der Waals surface area contributed by atoms with Crippen molar-refractivity contribution in [1.82, 2.24) is 0 Å². The largest absolute Gasteiger partial charge is 0.489 e. The maximum atomic E-state index is 13.5. The van der Waals surface area contributed by atoms with Crippen LogP contribution >= 0.6 is 0 Å². The second-order valence-corrected chi connectivity index (χ2v) is 6.23. The number of carbonyl (C=O) groups excluding carboxylic acids is 1. The first kappa shape index (κ1) is 16.2. The molecule has 4 rings (SSSR count). The summed E-state index contributed by atoms with van der Waals surface area (Å²) in [6, 6.07) is 12.0. The van der Waals surface area contributed by atoms with E-state index in [4.69, 9.17) is 14.7 Å². The number of anilines is 2. The molecule has 2 heterocycles. The average molecular weight is 353 g/mol. The first-order chi connectivity index (χ1) is 12.6. The van der Waals surface area contributed by atoms with Gasteiger partial charge in [-0.1, -0.05) is 6.07 Å². The number of hydrogen-bond donors (Lipinski definition) is 1. The van der Waals surface area contributed by atoms with Crippen LogP contribution in [0.5, 0.6) is 11.5 Å². The van der Waals surface area contributed by atoms with Gasteiger partial charge in [0.05, 0.1) is 29.9 Å². The molecule has 0 aliphatic carbocycles. The molecule has 2 aliphatic rings. The van der Waals surface area contributed by atoms with E-state index in [-0.39, 0.29) is 24.4 Å². The number of amides is 1. The lowest BCUT2D eigenvalue weighted by atomic mass is 10.1. The summed E-state index contributed by atoms with van der Waals surface area (Å²) in [7, 11) is 0. The lowest BCUT2D eigenvalue weighted by Gasteiger charge is -2.38. The van der Waals surface area contributed by atoms with Gasteiger partial charge in [0.15, 0.2) is 6.61 Å². The van der Waals surface area contributed by atoms with Gasteiger partial charge in [-0.2, -0.15) is 5.26 Å². The van der Waals surface area contributed by atoms with Gasteiger partial charge in [-0.15, -0.1) is 0 Å². The van der Waals surface area contributed by atoms with Crippen molar-refractivity contribution in [3.05, 3.63) is 47.8 Å². The van der Waals surface area contributed by atoms with E-state index < -0.39 is 0 Å². The summed E-state index contributed by atoms with van der Waals surface area (Å²) in [6.07, 6.45) is 0.293. The van der Waals surface area contributed by atoms with E-state index in [0.29, 0.717) is 36.8 Å². The van der Waals surface area contributed by atoms with Gasteiger partial charge < -0.3 is 19.7 Å². The number of benzene rings is 2. The second kappa shape index (κ2) is 6.56. The Balaban J connectivity index is 1.66. The summed E-state index contributed by atoms with van der Waals surface area (Å²) in [6.45, 7) is 0.825. The Labute approximate surface area is 149 Å². The highest BCUT2D eigenvalue weighted by Gasteiger charge is 2.28. The molecule has 7 heteroatoms. The highest BCUT2D eigenvalue weighted by atomic mass is 19.1. The number of nitriles is 1. The van der Waals surface area contributed by atoms with Crippen molar-refractivity contribution in [2.75, 3.05) is 23.4 Å². The molecule has 0 bridgehead atoms. The minimum atomic E-state index is -0.365. The van der Waals surface area contributed by atoms with Crippen molar-refractivity contribution >= 4 is 17.3 Å². The molecule has 6 nitrogen and oxygen atoms in total. The smallest absolute Gasteiger partial charge is 0.262 e. The topological polar surface area (TPSA) is 74.6 Å². The third kappa shape index (κ3) is 3.02. The lowest BCUT2D eigenvalue weighted by molar-refractivity contribution is -0.118. The van der Waals surface area contributed by atoms with Crippen LogP contribution < -0.4 is 19.7 Å². The van der Waals surface area contributed by atoms with Crippen molar-refractivity contribution in [2.24, 2.45) is 0 Å². The first-order valence-corrected chi connectivity index (χ1v) is 8.25. The van der Waals surface area contributed by atoms with E-state index >= 15 is 0 Å². The predicted molar refractivity (Wildman–Crippen MR) is 92.7 cm³/mol. The molecule has 0 radical (unpaired) electrons. The van der Waals surface area contributed by atoms with Crippen LogP contribution in [0.3, 0.4) is 0 Å². The molecule has 0 aromatic heterocycles. The van der Waals surface area contributed by atoms with Crippen LogP contribution in [-0.2, 0) is 11.3 Å². The molecular formula is C19H16FN3O3. The van der Waals surface area contributed by atoms with Gasteiger partial charge in [-0.05, 0) is 29.8 Å². The molecular weight excluding hydrogens is 337 g/mol. The van der Waals surface area contributed by atoms with Gasteiger partial charge >= 0.3 is 0 Å². The van der Waals surface area contributed by atoms with Crippen LogP contribution in [0, 0.1) is 17.1 Å². The number of nitrogens with zero attached hydrogens (tertiary/aromatic N) is 2. The van der Waals surface area contributed by atoms with E-state index in [1.807, 2.05) is 23.1 Å². The van der Waals surface area contributed by atoms with Crippen molar-refractivity contribution in [3.63, 3.8) is 0 Å².